The zero-order valence-electron chi connectivity index (χ0n) is 9.52. The van der Waals surface area contributed by atoms with Crippen molar-refractivity contribution in [3.63, 3.8) is 0 Å². The molecule has 0 aliphatic heterocycles. The van der Waals surface area contributed by atoms with E-state index in [1.807, 2.05) is 0 Å². The molecular weight excluding hydrogens is 274 g/mol. The number of nitrogens with zero attached hydrogens (tertiary/aromatic N) is 4. The molecular formula is C12H7ClF2N4. The van der Waals surface area contributed by atoms with Gasteiger partial charge < -0.3 is 0 Å². The molecule has 0 radical (unpaired) electrons. The molecule has 3 aromatic rings. The molecule has 0 aliphatic carbocycles. The summed E-state index contributed by atoms with van der Waals surface area (Å²) in [6.07, 6.45) is 1.81. The minimum absolute atomic E-state index is 0.319. The molecule has 1 aromatic carbocycles. The highest BCUT2D eigenvalue weighted by Crippen LogP contribution is 2.14. The molecule has 0 fully saturated rings. The highest BCUT2D eigenvalue weighted by Gasteiger charge is 2.09. The summed E-state index contributed by atoms with van der Waals surface area (Å²) in [5.74, 6) is -1.18. The second-order valence-electron chi connectivity index (χ2n) is 3.98. The Balaban J connectivity index is 1.98. The lowest BCUT2D eigenvalue weighted by Gasteiger charge is -2.01. The quantitative estimate of drug-likeness (QED) is 0.678. The Kier molecular flexibility index (Phi) is 2.87. The van der Waals surface area contributed by atoms with E-state index >= 15 is 0 Å². The van der Waals surface area contributed by atoms with Crippen molar-refractivity contribution in [2.24, 2.45) is 0 Å². The van der Waals surface area contributed by atoms with Crippen LogP contribution in [0, 0.1) is 11.6 Å². The third kappa shape index (κ3) is 2.26. The van der Waals surface area contributed by atoms with Crippen LogP contribution in [-0.2, 0) is 6.42 Å². The normalized spacial score (nSPS) is 11.1. The molecule has 96 valence electrons. The molecule has 19 heavy (non-hydrogen) atoms. The van der Waals surface area contributed by atoms with E-state index < -0.39 is 11.6 Å². The summed E-state index contributed by atoms with van der Waals surface area (Å²) in [5.41, 5.74) is 1.15. The van der Waals surface area contributed by atoms with Gasteiger partial charge in [-0.25, -0.2) is 13.8 Å². The Morgan fingerprint density at radius 3 is 2.74 bits per heavy atom. The second-order valence-corrected chi connectivity index (χ2v) is 4.37. The average Bonchev–Trinajstić information content (AvgIpc) is 2.76. The van der Waals surface area contributed by atoms with Gasteiger partial charge in [-0.2, -0.15) is 0 Å². The van der Waals surface area contributed by atoms with Crippen molar-refractivity contribution >= 4 is 17.2 Å². The molecule has 0 aliphatic rings. The molecule has 0 saturated carbocycles. The average molecular weight is 281 g/mol. The number of hydrogen-bond acceptors (Lipinski definition) is 3. The SMILES string of the molecule is Fc1ccc(Cc2nnc3cc(Cl)ncn23)cc1F. The van der Waals surface area contributed by atoms with Gasteiger partial charge in [0.05, 0.1) is 0 Å². The largest absolute Gasteiger partial charge is 0.269 e. The van der Waals surface area contributed by atoms with Gasteiger partial charge in [-0.05, 0) is 17.7 Å². The fourth-order valence-electron chi connectivity index (χ4n) is 1.77. The predicted octanol–water partition coefficient (Wildman–Crippen LogP) is 2.65. The predicted molar refractivity (Wildman–Crippen MR) is 65.0 cm³/mol. The van der Waals surface area contributed by atoms with Crippen LogP contribution in [0.25, 0.3) is 5.65 Å². The lowest BCUT2D eigenvalue weighted by Crippen LogP contribution is -1.98. The van der Waals surface area contributed by atoms with Crippen LogP contribution in [0.5, 0.6) is 0 Å². The zero-order chi connectivity index (χ0) is 13.4. The molecule has 0 bridgehead atoms. The minimum Gasteiger partial charge on any atom is -0.269 e. The number of aromatic nitrogens is 4. The first-order chi connectivity index (χ1) is 9.13. The van der Waals surface area contributed by atoms with Crippen LogP contribution in [0.15, 0.2) is 30.6 Å². The van der Waals surface area contributed by atoms with Crippen molar-refractivity contribution in [3.05, 3.63) is 58.8 Å². The van der Waals surface area contributed by atoms with Gasteiger partial charge >= 0.3 is 0 Å². The zero-order valence-corrected chi connectivity index (χ0v) is 10.3. The third-order valence-corrected chi connectivity index (χ3v) is 2.89. The summed E-state index contributed by atoms with van der Waals surface area (Å²) in [6, 6.07) is 5.30. The summed E-state index contributed by atoms with van der Waals surface area (Å²) in [6.45, 7) is 0. The van der Waals surface area contributed by atoms with Crippen molar-refractivity contribution in [1.82, 2.24) is 19.6 Å². The molecule has 2 heterocycles. The molecule has 0 atom stereocenters. The summed E-state index contributed by atoms with van der Waals surface area (Å²) in [7, 11) is 0. The topological polar surface area (TPSA) is 43.1 Å². The van der Waals surface area contributed by atoms with Gasteiger partial charge in [0, 0.05) is 12.5 Å². The molecule has 0 unspecified atom stereocenters. The van der Waals surface area contributed by atoms with Crippen molar-refractivity contribution < 1.29 is 8.78 Å². The molecule has 0 N–H and O–H groups in total. The van der Waals surface area contributed by atoms with Gasteiger partial charge in [-0.3, -0.25) is 4.40 Å². The standard InChI is InChI=1S/C12H7ClF2N4/c13-10-5-12-18-17-11(19(12)6-16-10)4-7-1-2-8(14)9(15)3-7/h1-3,5-6H,4H2. The number of fused-ring (bicyclic) bond motifs is 1. The second kappa shape index (κ2) is 4.55. The molecule has 3 rings (SSSR count). The number of hydrogen-bond donors (Lipinski definition) is 0. The summed E-state index contributed by atoms with van der Waals surface area (Å²) >= 11 is 5.74. The smallest absolute Gasteiger partial charge is 0.165 e. The van der Waals surface area contributed by atoms with E-state index in [9.17, 15) is 8.78 Å². The first-order valence-electron chi connectivity index (χ1n) is 5.42. The van der Waals surface area contributed by atoms with E-state index in [4.69, 9.17) is 11.6 Å². The van der Waals surface area contributed by atoms with E-state index in [0.717, 1.165) is 12.1 Å². The van der Waals surface area contributed by atoms with Crippen LogP contribution >= 0.6 is 11.6 Å². The summed E-state index contributed by atoms with van der Waals surface area (Å²) < 4.78 is 27.6. The Hall–Kier alpha value is -2.08. The Morgan fingerprint density at radius 1 is 1.11 bits per heavy atom. The lowest BCUT2D eigenvalue weighted by molar-refractivity contribution is 0.507. The van der Waals surface area contributed by atoms with E-state index in [-0.39, 0.29) is 0 Å². The number of rotatable bonds is 2. The van der Waals surface area contributed by atoms with Crippen LogP contribution in [0.2, 0.25) is 5.15 Å². The van der Waals surface area contributed by atoms with Gasteiger partial charge in [0.25, 0.3) is 0 Å². The van der Waals surface area contributed by atoms with Gasteiger partial charge in [0.2, 0.25) is 0 Å². The maximum atomic E-state index is 13.1. The van der Waals surface area contributed by atoms with Crippen molar-refractivity contribution in [2.75, 3.05) is 0 Å². The minimum atomic E-state index is -0.882. The van der Waals surface area contributed by atoms with E-state index in [0.29, 0.717) is 28.6 Å². The van der Waals surface area contributed by atoms with Gasteiger partial charge in [-0.1, -0.05) is 17.7 Å². The fourth-order valence-corrected chi connectivity index (χ4v) is 1.91. The molecule has 0 amide bonds. The number of halogens is 3. The first kappa shape index (κ1) is 12.0. The first-order valence-corrected chi connectivity index (χ1v) is 5.80. The van der Waals surface area contributed by atoms with Crippen LogP contribution in [0.4, 0.5) is 8.78 Å². The van der Waals surface area contributed by atoms with E-state index in [2.05, 4.69) is 15.2 Å². The fraction of sp³-hybridized carbons (Fsp3) is 0.0833. The maximum absolute atomic E-state index is 13.1. The van der Waals surface area contributed by atoms with E-state index in [1.54, 1.807) is 10.5 Å². The highest BCUT2D eigenvalue weighted by atomic mass is 35.5. The molecule has 2 aromatic heterocycles. The van der Waals surface area contributed by atoms with Crippen molar-refractivity contribution in [3.8, 4) is 0 Å². The van der Waals surface area contributed by atoms with Crippen LogP contribution in [0.1, 0.15) is 11.4 Å². The van der Waals surface area contributed by atoms with Gasteiger partial charge in [-0.15, -0.1) is 10.2 Å². The highest BCUT2D eigenvalue weighted by molar-refractivity contribution is 6.29. The summed E-state index contributed by atoms with van der Waals surface area (Å²) in [4.78, 5) is 3.93. The molecule has 0 saturated heterocycles. The van der Waals surface area contributed by atoms with Crippen LogP contribution in [-0.4, -0.2) is 19.6 Å². The van der Waals surface area contributed by atoms with Gasteiger partial charge in [0.15, 0.2) is 17.3 Å². The third-order valence-electron chi connectivity index (χ3n) is 2.68. The molecule has 0 spiro atoms. The van der Waals surface area contributed by atoms with Crippen LogP contribution < -0.4 is 0 Å². The maximum Gasteiger partial charge on any atom is 0.165 e. The Labute approximate surface area is 111 Å². The Bertz CT molecular complexity index is 757. The lowest BCUT2D eigenvalue weighted by atomic mass is 10.1. The van der Waals surface area contributed by atoms with Crippen LogP contribution in [0.3, 0.4) is 0 Å². The molecule has 7 heteroatoms. The van der Waals surface area contributed by atoms with E-state index in [1.165, 1.54) is 12.4 Å². The van der Waals surface area contributed by atoms with Crippen molar-refractivity contribution in [1.29, 1.82) is 0 Å². The van der Waals surface area contributed by atoms with Crippen molar-refractivity contribution in [2.45, 2.75) is 6.42 Å². The summed E-state index contributed by atoms with van der Waals surface area (Å²) in [5, 5.41) is 8.24. The Morgan fingerprint density at radius 2 is 1.95 bits per heavy atom. The molecule has 4 nitrogen and oxygen atoms in total. The monoisotopic (exact) mass is 280 g/mol. The number of benzene rings is 1. The van der Waals surface area contributed by atoms with Gasteiger partial charge in [0.1, 0.15) is 17.3 Å².